The van der Waals surface area contributed by atoms with E-state index < -0.39 is 6.04 Å². The number of nitrogens with two attached hydrogens (primary N) is 1. The third-order valence-electron chi connectivity index (χ3n) is 4.24. The minimum absolute atomic E-state index is 0.0618. The monoisotopic (exact) mass is 386 g/mol. The minimum Gasteiger partial charge on any atom is -0.493 e. The van der Waals surface area contributed by atoms with E-state index in [0.717, 1.165) is 29.5 Å². The Labute approximate surface area is 165 Å². The molecule has 0 radical (unpaired) electrons. The van der Waals surface area contributed by atoms with E-state index in [1.807, 2.05) is 19.1 Å². The van der Waals surface area contributed by atoms with E-state index in [0.29, 0.717) is 24.5 Å². The Kier molecular flexibility index (Phi) is 8.14. The molecule has 1 heterocycles. The Balaban J connectivity index is 2.31. The van der Waals surface area contributed by atoms with Gasteiger partial charge in [0.05, 0.1) is 19.6 Å². The van der Waals surface area contributed by atoms with Gasteiger partial charge in [-0.25, -0.2) is 4.39 Å². The number of aromatic nitrogens is 1. The van der Waals surface area contributed by atoms with Gasteiger partial charge >= 0.3 is 5.97 Å². The lowest BCUT2D eigenvalue weighted by atomic mass is 9.97. The molecule has 0 fully saturated rings. The van der Waals surface area contributed by atoms with E-state index in [2.05, 4.69) is 11.6 Å². The maximum atomic E-state index is 13.9. The van der Waals surface area contributed by atoms with Crippen LogP contribution in [-0.4, -0.2) is 24.2 Å². The van der Waals surface area contributed by atoms with Crippen LogP contribution in [0.2, 0.25) is 0 Å². The summed E-state index contributed by atoms with van der Waals surface area (Å²) >= 11 is 0. The summed E-state index contributed by atoms with van der Waals surface area (Å²) in [5.74, 6) is -0.257. The molecule has 6 heteroatoms. The first kappa shape index (κ1) is 21.6. The normalized spacial score (nSPS) is 11.7. The summed E-state index contributed by atoms with van der Waals surface area (Å²) in [6.07, 6.45) is 6.80. The average molecular weight is 386 g/mol. The van der Waals surface area contributed by atoms with E-state index in [1.54, 1.807) is 19.3 Å². The molecular weight excluding hydrogens is 359 g/mol. The smallest absolute Gasteiger partial charge is 0.307 e. The number of hydrogen-bond acceptors (Lipinski definition) is 5. The molecule has 0 bridgehead atoms. The van der Waals surface area contributed by atoms with Crippen LogP contribution in [0.5, 0.6) is 5.75 Å². The van der Waals surface area contributed by atoms with E-state index in [-0.39, 0.29) is 18.2 Å². The Morgan fingerprint density at radius 1 is 1.36 bits per heavy atom. The second-order valence-corrected chi connectivity index (χ2v) is 6.50. The Morgan fingerprint density at radius 3 is 2.86 bits per heavy atom. The van der Waals surface area contributed by atoms with Gasteiger partial charge in [0.15, 0.2) is 0 Å². The number of allylic oxidation sites excluding steroid dienone is 1. The molecule has 0 aliphatic carbocycles. The van der Waals surface area contributed by atoms with Crippen LogP contribution in [0.15, 0.2) is 43.2 Å². The van der Waals surface area contributed by atoms with Crippen molar-refractivity contribution in [3.63, 3.8) is 0 Å². The predicted octanol–water partition coefficient (Wildman–Crippen LogP) is 4.49. The largest absolute Gasteiger partial charge is 0.493 e. The summed E-state index contributed by atoms with van der Waals surface area (Å²) < 4.78 is 24.7. The van der Waals surface area contributed by atoms with Crippen LogP contribution >= 0.6 is 0 Å². The number of carbonyl (C=O) groups is 1. The molecule has 2 rings (SSSR count). The Hall–Kier alpha value is -2.73. The predicted molar refractivity (Wildman–Crippen MR) is 107 cm³/mol. The molecule has 0 saturated carbocycles. The molecule has 2 aromatic rings. The molecule has 1 atom stereocenters. The molecule has 5 nitrogen and oxygen atoms in total. The number of hydrogen-bond donors (Lipinski definition) is 1. The summed E-state index contributed by atoms with van der Waals surface area (Å²) in [5.41, 5.74) is 9.10. The van der Waals surface area contributed by atoms with Gasteiger partial charge in [-0.05, 0) is 49.9 Å². The van der Waals surface area contributed by atoms with Crippen molar-refractivity contribution in [1.82, 2.24) is 4.98 Å². The van der Waals surface area contributed by atoms with E-state index in [1.165, 1.54) is 12.1 Å². The van der Waals surface area contributed by atoms with Crippen molar-refractivity contribution in [2.24, 2.45) is 5.73 Å². The second-order valence-electron chi connectivity index (χ2n) is 6.50. The van der Waals surface area contributed by atoms with Crippen LogP contribution in [-0.2, 0) is 9.53 Å². The van der Waals surface area contributed by atoms with Crippen LogP contribution < -0.4 is 10.5 Å². The number of carbonyl (C=O) groups excluding carboxylic acids is 1. The van der Waals surface area contributed by atoms with Crippen LogP contribution in [0.4, 0.5) is 4.39 Å². The van der Waals surface area contributed by atoms with Gasteiger partial charge in [0, 0.05) is 35.6 Å². The standard InChI is InChI=1S/C22H27FN2O3/c1-4-6-7-8-28-20-11-18(23)9-15(3)22(20)17-10-16(13-25-14-17)19(24)12-21(26)27-5-2/h4,9-11,13-14,19H,1,5-8,12,24H2,2-3H3. The van der Waals surface area contributed by atoms with Gasteiger partial charge in [-0.2, -0.15) is 0 Å². The van der Waals surface area contributed by atoms with Crippen LogP contribution in [0.3, 0.4) is 0 Å². The number of aryl methyl sites for hydroxylation is 1. The number of unbranched alkanes of at least 4 members (excludes halogenated alkanes) is 1. The molecule has 0 saturated heterocycles. The number of pyridine rings is 1. The summed E-state index contributed by atoms with van der Waals surface area (Å²) in [4.78, 5) is 16.0. The number of benzene rings is 1. The molecular formula is C22H27FN2O3. The molecule has 28 heavy (non-hydrogen) atoms. The zero-order valence-corrected chi connectivity index (χ0v) is 16.4. The topological polar surface area (TPSA) is 74.4 Å². The Morgan fingerprint density at radius 2 is 2.14 bits per heavy atom. The lowest BCUT2D eigenvalue weighted by Gasteiger charge is -2.16. The van der Waals surface area contributed by atoms with Crippen molar-refractivity contribution in [2.75, 3.05) is 13.2 Å². The minimum atomic E-state index is -0.538. The van der Waals surface area contributed by atoms with Crippen molar-refractivity contribution in [1.29, 1.82) is 0 Å². The van der Waals surface area contributed by atoms with Gasteiger partial charge in [0.2, 0.25) is 0 Å². The SMILES string of the molecule is C=CCCCOc1cc(F)cc(C)c1-c1cncc(C(N)CC(=O)OCC)c1. The highest BCUT2D eigenvalue weighted by atomic mass is 19.1. The van der Waals surface area contributed by atoms with Crippen molar-refractivity contribution in [3.05, 3.63) is 60.2 Å². The first-order chi connectivity index (χ1) is 13.5. The highest BCUT2D eigenvalue weighted by Gasteiger charge is 2.17. The molecule has 0 amide bonds. The average Bonchev–Trinajstić information content (AvgIpc) is 2.65. The lowest BCUT2D eigenvalue weighted by Crippen LogP contribution is -2.17. The highest BCUT2D eigenvalue weighted by molar-refractivity contribution is 5.74. The van der Waals surface area contributed by atoms with Crippen LogP contribution in [0, 0.1) is 12.7 Å². The van der Waals surface area contributed by atoms with Gasteiger partial charge < -0.3 is 15.2 Å². The quantitative estimate of drug-likeness (QED) is 0.370. The zero-order chi connectivity index (χ0) is 20.5. The molecule has 1 aromatic heterocycles. The van der Waals surface area contributed by atoms with E-state index in [9.17, 15) is 9.18 Å². The number of rotatable bonds is 10. The van der Waals surface area contributed by atoms with Gasteiger partial charge in [0.25, 0.3) is 0 Å². The molecule has 0 aliphatic heterocycles. The first-order valence-corrected chi connectivity index (χ1v) is 9.36. The number of esters is 1. The molecule has 0 aliphatic rings. The fraction of sp³-hybridized carbons (Fsp3) is 0.364. The van der Waals surface area contributed by atoms with Crippen LogP contribution in [0.1, 0.15) is 43.4 Å². The lowest BCUT2D eigenvalue weighted by molar-refractivity contribution is -0.143. The fourth-order valence-corrected chi connectivity index (χ4v) is 2.92. The maximum Gasteiger partial charge on any atom is 0.307 e. The fourth-order valence-electron chi connectivity index (χ4n) is 2.92. The number of ether oxygens (including phenoxy) is 2. The van der Waals surface area contributed by atoms with Gasteiger partial charge in [-0.15, -0.1) is 6.58 Å². The van der Waals surface area contributed by atoms with Gasteiger partial charge in [-0.3, -0.25) is 9.78 Å². The van der Waals surface area contributed by atoms with Crippen molar-refractivity contribution >= 4 is 5.97 Å². The Bertz CT molecular complexity index is 823. The molecule has 150 valence electrons. The highest BCUT2D eigenvalue weighted by Crippen LogP contribution is 2.35. The van der Waals surface area contributed by atoms with Crippen molar-refractivity contribution in [3.8, 4) is 16.9 Å². The zero-order valence-electron chi connectivity index (χ0n) is 16.4. The third-order valence-corrected chi connectivity index (χ3v) is 4.24. The molecule has 0 spiro atoms. The molecule has 1 unspecified atom stereocenters. The summed E-state index contributed by atoms with van der Waals surface area (Å²) in [7, 11) is 0. The second kappa shape index (κ2) is 10.6. The summed E-state index contributed by atoms with van der Waals surface area (Å²) in [6, 6.07) is 4.15. The van der Waals surface area contributed by atoms with E-state index in [4.69, 9.17) is 15.2 Å². The summed E-state index contributed by atoms with van der Waals surface area (Å²) in [5, 5.41) is 0. The van der Waals surface area contributed by atoms with Crippen LogP contribution in [0.25, 0.3) is 11.1 Å². The summed E-state index contributed by atoms with van der Waals surface area (Å²) in [6.45, 7) is 8.02. The van der Waals surface area contributed by atoms with Gasteiger partial charge in [-0.1, -0.05) is 6.08 Å². The van der Waals surface area contributed by atoms with Crippen molar-refractivity contribution < 1.29 is 18.7 Å². The van der Waals surface area contributed by atoms with Crippen molar-refractivity contribution in [2.45, 2.75) is 39.2 Å². The molecule has 1 aromatic carbocycles. The molecule has 2 N–H and O–H groups in total. The third kappa shape index (κ3) is 5.89. The first-order valence-electron chi connectivity index (χ1n) is 9.36. The van der Waals surface area contributed by atoms with Gasteiger partial charge in [0.1, 0.15) is 11.6 Å². The number of nitrogens with zero attached hydrogens (tertiary/aromatic N) is 1. The van der Waals surface area contributed by atoms with E-state index >= 15 is 0 Å². The maximum absolute atomic E-state index is 13.9. The number of halogens is 1.